The van der Waals surface area contributed by atoms with E-state index in [-0.39, 0.29) is 5.84 Å². The van der Waals surface area contributed by atoms with Gasteiger partial charge in [-0.2, -0.15) is 5.26 Å². The number of nitrogens with two attached hydrogens (primary N) is 2. The molecular weight excluding hydrogens is 138 g/mol. The van der Waals surface area contributed by atoms with Gasteiger partial charge in [0.25, 0.3) is 5.84 Å². The van der Waals surface area contributed by atoms with E-state index >= 15 is 0 Å². The van der Waals surface area contributed by atoms with Crippen molar-refractivity contribution in [3.05, 3.63) is 35.4 Å². The summed E-state index contributed by atoms with van der Waals surface area (Å²) < 4.78 is 0. The molecule has 0 atom stereocenters. The Bertz CT molecular complexity index is 305. The van der Waals surface area contributed by atoms with Crippen LogP contribution in [0.1, 0.15) is 11.1 Å². The van der Waals surface area contributed by atoms with Crippen molar-refractivity contribution in [3.63, 3.8) is 0 Å². The Kier molecular flexibility index (Phi) is 1.88. The maximum absolute atomic E-state index is 8.45. The predicted octanol–water partition coefficient (Wildman–Crippen LogP) is -0.977. The fraction of sp³-hybridized carbons (Fsp3) is 0. The molecule has 0 fully saturated rings. The number of nitriles is 1. The van der Waals surface area contributed by atoms with E-state index < -0.39 is 0 Å². The minimum Gasteiger partial charge on any atom is -0.287 e. The molecule has 0 amide bonds. The van der Waals surface area contributed by atoms with Crippen molar-refractivity contribution in [2.45, 2.75) is 0 Å². The van der Waals surface area contributed by atoms with Crippen LogP contribution in [0, 0.1) is 11.3 Å². The number of nitrogens with zero attached hydrogens (tertiary/aromatic N) is 1. The van der Waals surface area contributed by atoms with Gasteiger partial charge in [0.05, 0.1) is 17.2 Å². The molecular formula is C8H8N3+. The van der Waals surface area contributed by atoms with Crippen molar-refractivity contribution in [2.75, 3.05) is 0 Å². The van der Waals surface area contributed by atoms with Gasteiger partial charge in [-0.05, 0) is 24.3 Å². The molecule has 0 radical (unpaired) electrons. The van der Waals surface area contributed by atoms with Gasteiger partial charge >= 0.3 is 0 Å². The van der Waals surface area contributed by atoms with Crippen molar-refractivity contribution >= 4 is 5.84 Å². The number of hydrogen-bond donors (Lipinski definition) is 2. The lowest BCUT2D eigenvalue weighted by atomic mass is 10.1. The molecule has 0 aliphatic carbocycles. The topological polar surface area (TPSA) is 75.4 Å². The lowest BCUT2D eigenvalue weighted by molar-refractivity contribution is -0.114. The Balaban J connectivity index is 3.03. The van der Waals surface area contributed by atoms with Gasteiger partial charge in [0.1, 0.15) is 0 Å². The van der Waals surface area contributed by atoms with Gasteiger partial charge in [0.2, 0.25) is 0 Å². The Morgan fingerprint density at radius 3 is 2.27 bits per heavy atom. The Morgan fingerprint density at radius 1 is 1.36 bits per heavy atom. The molecule has 3 nitrogen and oxygen atoms in total. The summed E-state index contributed by atoms with van der Waals surface area (Å²) in [5, 5.41) is 13.8. The van der Waals surface area contributed by atoms with Crippen molar-refractivity contribution in [2.24, 2.45) is 5.73 Å². The van der Waals surface area contributed by atoms with Crippen LogP contribution in [-0.2, 0) is 0 Å². The van der Waals surface area contributed by atoms with Crippen LogP contribution >= 0.6 is 0 Å². The largest absolute Gasteiger partial charge is 0.287 e. The highest BCUT2D eigenvalue weighted by Crippen LogP contribution is 2.00. The van der Waals surface area contributed by atoms with Crippen LogP contribution in [0.25, 0.3) is 0 Å². The van der Waals surface area contributed by atoms with E-state index in [0.29, 0.717) is 5.56 Å². The van der Waals surface area contributed by atoms with Crippen LogP contribution in [-0.4, -0.2) is 5.84 Å². The highest BCUT2D eigenvalue weighted by molar-refractivity contribution is 5.92. The first-order valence-corrected chi connectivity index (χ1v) is 3.12. The van der Waals surface area contributed by atoms with E-state index in [2.05, 4.69) is 0 Å². The van der Waals surface area contributed by atoms with Gasteiger partial charge in [-0.1, -0.05) is 0 Å². The summed E-state index contributed by atoms with van der Waals surface area (Å²) in [4.78, 5) is 0. The van der Waals surface area contributed by atoms with E-state index in [4.69, 9.17) is 16.4 Å². The molecule has 3 heteroatoms. The molecule has 0 aromatic heterocycles. The zero-order valence-electron chi connectivity index (χ0n) is 5.91. The van der Waals surface area contributed by atoms with Crippen LogP contribution in [0.3, 0.4) is 0 Å². The second-order valence-corrected chi connectivity index (χ2v) is 2.14. The first kappa shape index (κ1) is 7.29. The fourth-order valence-corrected chi connectivity index (χ4v) is 0.737. The second-order valence-electron chi connectivity index (χ2n) is 2.14. The van der Waals surface area contributed by atoms with Crippen molar-refractivity contribution in [3.8, 4) is 6.07 Å². The first-order valence-electron chi connectivity index (χ1n) is 3.12. The van der Waals surface area contributed by atoms with E-state index in [9.17, 15) is 0 Å². The molecule has 0 unspecified atom stereocenters. The molecule has 0 saturated heterocycles. The zero-order valence-corrected chi connectivity index (χ0v) is 5.91. The Labute approximate surface area is 64.6 Å². The number of rotatable bonds is 1. The quantitative estimate of drug-likeness (QED) is 0.395. The summed E-state index contributed by atoms with van der Waals surface area (Å²) in [5.41, 5.74) is 6.68. The summed E-state index contributed by atoms with van der Waals surface area (Å²) in [6.45, 7) is 0. The van der Waals surface area contributed by atoms with Crippen LogP contribution in [0.4, 0.5) is 0 Å². The SMILES string of the molecule is N#Cc1ccc(C(N)=[NH2+])cc1. The molecule has 1 rings (SSSR count). The summed E-state index contributed by atoms with van der Waals surface area (Å²) >= 11 is 0. The molecule has 1 aromatic rings. The fourth-order valence-electron chi connectivity index (χ4n) is 0.737. The molecule has 0 spiro atoms. The predicted molar refractivity (Wildman–Crippen MR) is 41.4 cm³/mol. The highest BCUT2D eigenvalue weighted by Gasteiger charge is 1.99. The second kappa shape index (κ2) is 2.84. The van der Waals surface area contributed by atoms with Crippen LogP contribution < -0.4 is 11.1 Å². The normalized spacial score (nSPS) is 8.64. The van der Waals surface area contributed by atoms with Gasteiger partial charge in [0, 0.05) is 0 Å². The number of hydrogen-bond acceptors (Lipinski definition) is 1. The average Bonchev–Trinajstić information content (AvgIpc) is 2.05. The molecule has 1 aromatic carbocycles. The summed E-state index contributed by atoms with van der Waals surface area (Å²) in [7, 11) is 0. The van der Waals surface area contributed by atoms with Gasteiger partial charge in [0.15, 0.2) is 0 Å². The summed E-state index contributed by atoms with van der Waals surface area (Å²) in [5.74, 6) is 0.273. The van der Waals surface area contributed by atoms with Crippen LogP contribution in [0.2, 0.25) is 0 Å². The smallest absolute Gasteiger partial charge is 0.270 e. The van der Waals surface area contributed by atoms with Crippen LogP contribution in [0.5, 0.6) is 0 Å². The minimum atomic E-state index is 0.273. The molecule has 54 valence electrons. The Morgan fingerprint density at radius 2 is 1.91 bits per heavy atom. The van der Waals surface area contributed by atoms with Gasteiger partial charge in [-0.3, -0.25) is 11.1 Å². The monoisotopic (exact) mass is 146 g/mol. The van der Waals surface area contributed by atoms with E-state index in [1.54, 1.807) is 24.3 Å². The van der Waals surface area contributed by atoms with E-state index in [1.165, 1.54) is 0 Å². The maximum Gasteiger partial charge on any atom is 0.270 e. The first-order chi connectivity index (χ1) is 5.24. The molecule has 4 N–H and O–H groups in total. The molecule has 0 heterocycles. The molecule has 0 saturated carbocycles. The third-order valence-corrected chi connectivity index (χ3v) is 1.35. The van der Waals surface area contributed by atoms with Crippen molar-refractivity contribution < 1.29 is 5.41 Å². The third-order valence-electron chi connectivity index (χ3n) is 1.35. The van der Waals surface area contributed by atoms with E-state index in [1.807, 2.05) is 6.07 Å². The molecule has 0 bridgehead atoms. The van der Waals surface area contributed by atoms with Crippen molar-refractivity contribution in [1.29, 1.82) is 5.26 Å². The standard InChI is InChI=1S/C8H7N3/c9-5-6-1-3-7(4-2-6)8(10)11/h1-4H,(H3,10,11)/p+1. The molecule has 0 aliphatic heterocycles. The third kappa shape index (κ3) is 1.55. The van der Waals surface area contributed by atoms with E-state index in [0.717, 1.165) is 5.56 Å². The molecule has 11 heavy (non-hydrogen) atoms. The number of benzene rings is 1. The zero-order chi connectivity index (χ0) is 8.27. The Hall–Kier alpha value is -1.82. The molecule has 0 aliphatic rings. The van der Waals surface area contributed by atoms with Gasteiger partial charge in [-0.15, -0.1) is 0 Å². The lowest BCUT2D eigenvalue weighted by Crippen LogP contribution is -2.46. The average molecular weight is 146 g/mol. The van der Waals surface area contributed by atoms with Gasteiger partial charge in [-0.25, -0.2) is 0 Å². The van der Waals surface area contributed by atoms with Gasteiger partial charge < -0.3 is 0 Å². The van der Waals surface area contributed by atoms with Crippen LogP contribution in [0.15, 0.2) is 24.3 Å². The summed E-state index contributed by atoms with van der Waals surface area (Å²) in [6, 6.07) is 8.79. The lowest BCUT2D eigenvalue weighted by Gasteiger charge is -1.91. The summed E-state index contributed by atoms with van der Waals surface area (Å²) in [6.07, 6.45) is 0. The van der Waals surface area contributed by atoms with Crippen molar-refractivity contribution in [1.82, 2.24) is 0 Å². The number of amidine groups is 1. The highest BCUT2D eigenvalue weighted by atomic mass is 14.7. The minimum absolute atomic E-state index is 0.273. The maximum atomic E-state index is 8.45.